The summed E-state index contributed by atoms with van der Waals surface area (Å²) in [6, 6.07) is 0. The molecule has 1 aliphatic carbocycles. The number of rotatable bonds is 2. The lowest BCUT2D eigenvalue weighted by Crippen LogP contribution is -2.22. The highest BCUT2D eigenvalue weighted by Crippen LogP contribution is 2.36. The first-order valence-electron chi connectivity index (χ1n) is 4.58. The molecule has 0 radical (unpaired) electrons. The first kappa shape index (κ1) is 10.0. The molecule has 0 saturated carbocycles. The predicted octanol–water partition coefficient (Wildman–Crippen LogP) is 2.62. The smallest absolute Gasteiger partial charge is 0.335 e. The van der Waals surface area contributed by atoms with E-state index in [1.165, 1.54) is 0 Å². The van der Waals surface area contributed by atoms with Gasteiger partial charge in [0.2, 0.25) is 0 Å². The topological polar surface area (TPSA) is 37.3 Å². The van der Waals surface area contributed by atoms with Gasteiger partial charge in [0.05, 0.1) is 5.57 Å². The Morgan fingerprint density at radius 2 is 2.23 bits per heavy atom. The van der Waals surface area contributed by atoms with Crippen LogP contribution in [0, 0.1) is 11.3 Å². The third kappa shape index (κ3) is 2.00. The van der Waals surface area contributed by atoms with E-state index in [0.717, 1.165) is 6.42 Å². The van der Waals surface area contributed by atoms with Crippen molar-refractivity contribution < 1.29 is 9.90 Å². The van der Waals surface area contributed by atoms with E-state index in [1.807, 2.05) is 12.2 Å². The largest absolute Gasteiger partial charge is 0.478 e. The van der Waals surface area contributed by atoms with Gasteiger partial charge in [0, 0.05) is 0 Å². The van der Waals surface area contributed by atoms with Crippen LogP contribution in [-0.4, -0.2) is 11.1 Å². The Balaban J connectivity index is 2.79. The number of hydrogen-bond donors (Lipinski definition) is 1. The van der Waals surface area contributed by atoms with Gasteiger partial charge in [0.25, 0.3) is 0 Å². The first-order valence-corrected chi connectivity index (χ1v) is 4.58. The summed E-state index contributed by atoms with van der Waals surface area (Å²) >= 11 is 0. The van der Waals surface area contributed by atoms with Gasteiger partial charge in [0.1, 0.15) is 0 Å². The maximum absolute atomic E-state index is 10.6. The van der Waals surface area contributed by atoms with Crippen molar-refractivity contribution in [3.63, 3.8) is 0 Å². The van der Waals surface area contributed by atoms with E-state index < -0.39 is 5.97 Å². The number of allylic oxidation sites excluding steroid dienone is 2. The average Bonchev–Trinajstić information content (AvgIpc) is 2.04. The lowest BCUT2D eigenvalue weighted by molar-refractivity contribution is -0.132. The van der Waals surface area contributed by atoms with Crippen molar-refractivity contribution in [2.24, 2.45) is 11.3 Å². The van der Waals surface area contributed by atoms with Gasteiger partial charge in [-0.15, -0.1) is 0 Å². The van der Waals surface area contributed by atoms with E-state index in [0.29, 0.717) is 11.5 Å². The molecule has 0 saturated heterocycles. The van der Waals surface area contributed by atoms with E-state index in [1.54, 1.807) is 6.08 Å². The molecular weight excluding hydrogens is 164 g/mol. The quantitative estimate of drug-likeness (QED) is 0.709. The zero-order chi connectivity index (χ0) is 10.1. The molecule has 1 unspecified atom stereocenters. The molecule has 0 aromatic heterocycles. The first-order chi connectivity index (χ1) is 5.96. The number of carboxylic acids is 1. The zero-order valence-electron chi connectivity index (χ0n) is 8.37. The highest BCUT2D eigenvalue weighted by atomic mass is 16.4. The van der Waals surface area contributed by atoms with Crippen LogP contribution in [0.25, 0.3) is 0 Å². The van der Waals surface area contributed by atoms with Crippen LogP contribution in [0.4, 0.5) is 0 Å². The molecule has 0 amide bonds. The molecule has 0 spiro atoms. The Labute approximate surface area is 79.0 Å². The molecule has 2 nitrogen and oxygen atoms in total. The van der Waals surface area contributed by atoms with Gasteiger partial charge in [0.15, 0.2) is 0 Å². The Morgan fingerprint density at radius 1 is 1.62 bits per heavy atom. The SMILES string of the molecule is CC(C)C1(C)C=CC(C(=O)O)=CC1. The van der Waals surface area contributed by atoms with Gasteiger partial charge in [-0.05, 0) is 17.8 Å². The molecule has 1 aliphatic rings. The summed E-state index contributed by atoms with van der Waals surface area (Å²) in [6.45, 7) is 6.47. The second-order valence-electron chi connectivity index (χ2n) is 4.16. The lowest BCUT2D eigenvalue weighted by Gasteiger charge is -2.31. The van der Waals surface area contributed by atoms with Gasteiger partial charge in [-0.2, -0.15) is 0 Å². The zero-order valence-corrected chi connectivity index (χ0v) is 8.37. The fourth-order valence-corrected chi connectivity index (χ4v) is 1.33. The summed E-state index contributed by atoms with van der Waals surface area (Å²) in [5.41, 5.74) is 0.539. The van der Waals surface area contributed by atoms with E-state index in [4.69, 9.17) is 5.11 Å². The number of aliphatic carboxylic acids is 1. The van der Waals surface area contributed by atoms with Crippen molar-refractivity contribution in [3.8, 4) is 0 Å². The maximum Gasteiger partial charge on any atom is 0.335 e. The van der Waals surface area contributed by atoms with E-state index >= 15 is 0 Å². The van der Waals surface area contributed by atoms with Gasteiger partial charge in [-0.1, -0.05) is 39.0 Å². The maximum atomic E-state index is 10.6. The summed E-state index contributed by atoms with van der Waals surface area (Å²) < 4.78 is 0. The molecular formula is C11H16O2. The second-order valence-corrected chi connectivity index (χ2v) is 4.16. The molecule has 2 heteroatoms. The molecule has 0 heterocycles. The van der Waals surface area contributed by atoms with Crippen LogP contribution >= 0.6 is 0 Å². The summed E-state index contributed by atoms with van der Waals surface area (Å²) in [6.07, 6.45) is 6.36. The normalized spacial score (nSPS) is 27.5. The molecule has 13 heavy (non-hydrogen) atoms. The monoisotopic (exact) mass is 180 g/mol. The average molecular weight is 180 g/mol. The van der Waals surface area contributed by atoms with Crippen molar-refractivity contribution in [2.45, 2.75) is 27.2 Å². The minimum Gasteiger partial charge on any atom is -0.478 e. The minimum absolute atomic E-state index is 0.124. The molecule has 0 aromatic carbocycles. The molecule has 1 N–H and O–H groups in total. The van der Waals surface area contributed by atoms with Crippen LogP contribution < -0.4 is 0 Å². The molecule has 0 aliphatic heterocycles. The van der Waals surface area contributed by atoms with Crippen LogP contribution in [0.2, 0.25) is 0 Å². The fourth-order valence-electron chi connectivity index (χ4n) is 1.33. The third-order valence-electron chi connectivity index (χ3n) is 2.97. The number of carboxylic acid groups (broad SMARTS) is 1. The minimum atomic E-state index is -0.831. The third-order valence-corrected chi connectivity index (χ3v) is 2.97. The summed E-state index contributed by atoms with van der Waals surface area (Å²) in [7, 11) is 0. The summed E-state index contributed by atoms with van der Waals surface area (Å²) in [5.74, 6) is -0.294. The summed E-state index contributed by atoms with van der Waals surface area (Å²) in [5, 5.41) is 8.73. The van der Waals surface area contributed by atoms with Crippen molar-refractivity contribution in [2.75, 3.05) is 0 Å². The molecule has 0 fully saturated rings. The Morgan fingerprint density at radius 3 is 2.54 bits per heavy atom. The Bertz CT molecular complexity index is 274. The Kier molecular flexibility index (Phi) is 2.60. The van der Waals surface area contributed by atoms with Gasteiger partial charge in [-0.25, -0.2) is 4.79 Å². The fraction of sp³-hybridized carbons (Fsp3) is 0.545. The highest BCUT2D eigenvalue weighted by molar-refractivity contribution is 5.90. The van der Waals surface area contributed by atoms with Crippen LogP contribution in [0.15, 0.2) is 23.8 Å². The van der Waals surface area contributed by atoms with Crippen LogP contribution in [-0.2, 0) is 4.79 Å². The van der Waals surface area contributed by atoms with Gasteiger partial charge >= 0.3 is 5.97 Å². The highest BCUT2D eigenvalue weighted by Gasteiger charge is 2.27. The van der Waals surface area contributed by atoms with Crippen molar-refractivity contribution in [1.82, 2.24) is 0 Å². The Hall–Kier alpha value is -1.05. The number of hydrogen-bond acceptors (Lipinski definition) is 1. The second kappa shape index (κ2) is 3.36. The van der Waals surface area contributed by atoms with E-state index in [-0.39, 0.29) is 5.41 Å². The van der Waals surface area contributed by atoms with Gasteiger partial charge < -0.3 is 5.11 Å². The van der Waals surface area contributed by atoms with Crippen LogP contribution in [0.5, 0.6) is 0 Å². The number of carbonyl (C=O) groups is 1. The molecule has 0 aromatic rings. The predicted molar refractivity (Wildman–Crippen MR) is 52.4 cm³/mol. The molecule has 1 rings (SSSR count). The summed E-state index contributed by atoms with van der Waals surface area (Å²) in [4.78, 5) is 10.6. The van der Waals surface area contributed by atoms with Crippen molar-refractivity contribution in [1.29, 1.82) is 0 Å². The van der Waals surface area contributed by atoms with Crippen molar-refractivity contribution in [3.05, 3.63) is 23.8 Å². The van der Waals surface area contributed by atoms with E-state index in [9.17, 15) is 4.79 Å². The molecule has 72 valence electrons. The molecule has 0 bridgehead atoms. The van der Waals surface area contributed by atoms with E-state index in [2.05, 4.69) is 20.8 Å². The van der Waals surface area contributed by atoms with Gasteiger partial charge in [-0.3, -0.25) is 0 Å². The van der Waals surface area contributed by atoms with Crippen molar-refractivity contribution >= 4 is 5.97 Å². The lowest BCUT2D eigenvalue weighted by atomic mass is 9.73. The standard InChI is InChI=1S/C11H16O2/c1-8(2)11(3)6-4-9(5-7-11)10(12)13/h4-6,8H,7H2,1-3H3,(H,12,13). The van der Waals surface area contributed by atoms with Crippen LogP contribution in [0.3, 0.4) is 0 Å². The molecule has 1 atom stereocenters. The van der Waals surface area contributed by atoms with Crippen LogP contribution in [0.1, 0.15) is 27.2 Å².